The molecule has 0 saturated carbocycles. The monoisotopic (exact) mass is 237 g/mol. The van der Waals surface area contributed by atoms with Gasteiger partial charge in [-0.3, -0.25) is 0 Å². The molecule has 0 fully saturated rings. The third-order valence-corrected chi connectivity index (χ3v) is 3.03. The molecule has 0 spiro atoms. The Bertz CT molecular complexity index is 381. The minimum Gasteiger partial charge on any atom is -0.454 e. The van der Waals surface area contributed by atoms with Crippen molar-refractivity contribution < 1.29 is 14.6 Å². The van der Waals surface area contributed by atoms with E-state index in [0.717, 1.165) is 23.5 Å². The van der Waals surface area contributed by atoms with Gasteiger partial charge in [0, 0.05) is 12.6 Å². The minimum absolute atomic E-state index is 0.186. The van der Waals surface area contributed by atoms with Crippen LogP contribution >= 0.6 is 0 Å². The van der Waals surface area contributed by atoms with Gasteiger partial charge in [0.15, 0.2) is 11.5 Å². The van der Waals surface area contributed by atoms with Crippen molar-refractivity contribution in [1.82, 2.24) is 5.32 Å². The number of hydrogen-bond acceptors (Lipinski definition) is 4. The van der Waals surface area contributed by atoms with Gasteiger partial charge in [-0.05, 0) is 31.0 Å². The van der Waals surface area contributed by atoms with E-state index in [2.05, 4.69) is 12.2 Å². The molecule has 4 nitrogen and oxygen atoms in total. The van der Waals surface area contributed by atoms with Gasteiger partial charge in [-0.1, -0.05) is 13.0 Å². The Balaban J connectivity index is 1.97. The molecule has 94 valence electrons. The largest absolute Gasteiger partial charge is 0.454 e. The Morgan fingerprint density at radius 2 is 2.12 bits per heavy atom. The van der Waals surface area contributed by atoms with E-state index in [1.165, 1.54) is 0 Å². The first kappa shape index (κ1) is 12.2. The maximum Gasteiger partial charge on any atom is 0.231 e. The number of ether oxygens (including phenoxy) is 2. The molecule has 0 saturated heterocycles. The molecule has 1 heterocycles. The molecule has 2 unspecified atom stereocenters. The quantitative estimate of drug-likeness (QED) is 0.820. The summed E-state index contributed by atoms with van der Waals surface area (Å²) >= 11 is 0. The highest BCUT2D eigenvalue weighted by molar-refractivity contribution is 5.45. The lowest BCUT2D eigenvalue weighted by Crippen LogP contribution is -2.28. The molecule has 1 aromatic rings. The van der Waals surface area contributed by atoms with E-state index in [-0.39, 0.29) is 12.1 Å². The summed E-state index contributed by atoms with van der Waals surface area (Å²) in [6.07, 6.45) is 0.479. The van der Waals surface area contributed by atoms with Gasteiger partial charge in [0.25, 0.3) is 0 Å². The molecule has 1 aromatic carbocycles. The number of aliphatic hydroxyl groups excluding tert-OH is 1. The smallest absolute Gasteiger partial charge is 0.231 e. The second kappa shape index (κ2) is 5.38. The highest BCUT2D eigenvalue weighted by Crippen LogP contribution is 2.34. The van der Waals surface area contributed by atoms with Gasteiger partial charge in [-0.25, -0.2) is 0 Å². The van der Waals surface area contributed by atoms with Crippen molar-refractivity contribution in [3.05, 3.63) is 23.8 Å². The summed E-state index contributed by atoms with van der Waals surface area (Å²) in [6.45, 7) is 4.94. The van der Waals surface area contributed by atoms with Crippen LogP contribution in [0.1, 0.15) is 31.9 Å². The lowest BCUT2D eigenvalue weighted by atomic mass is 10.1. The molecule has 1 aliphatic heterocycles. The first-order valence-electron chi connectivity index (χ1n) is 6.01. The van der Waals surface area contributed by atoms with Crippen LogP contribution in [0.15, 0.2) is 18.2 Å². The second-order valence-corrected chi connectivity index (χ2v) is 4.30. The van der Waals surface area contributed by atoms with Crippen LogP contribution in [-0.4, -0.2) is 24.5 Å². The van der Waals surface area contributed by atoms with Crippen molar-refractivity contribution in [2.24, 2.45) is 0 Å². The summed E-state index contributed by atoms with van der Waals surface area (Å²) in [6, 6.07) is 6.11. The first-order valence-corrected chi connectivity index (χ1v) is 6.01. The van der Waals surface area contributed by atoms with Crippen LogP contribution < -0.4 is 14.8 Å². The van der Waals surface area contributed by atoms with Crippen molar-refractivity contribution >= 4 is 0 Å². The third kappa shape index (κ3) is 2.90. The van der Waals surface area contributed by atoms with E-state index in [1.807, 2.05) is 25.1 Å². The molecule has 2 rings (SSSR count). The van der Waals surface area contributed by atoms with E-state index in [1.54, 1.807) is 0 Å². The molecule has 0 radical (unpaired) electrons. The van der Waals surface area contributed by atoms with Crippen LogP contribution in [0.3, 0.4) is 0 Å². The van der Waals surface area contributed by atoms with Gasteiger partial charge in [0.2, 0.25) is 6.79 Å². The van der Waals surface area contributed by atoms with Crippen LogP contribution in [0.5, 0.6) is 11.5 Å². The molecule has 0 aliphatic carbocycles. The standard InChI is InChI=1S/C13H19NO3/c1-3-11(15)7-14-9(2)10-4-5-12-13(6-10)17-8-16-12/h4-6,9,11,14-15H,3,7-8H2,1-2H3. The highest BCUT2D eigenvalue weighted by Gasteiger charge is 2.15. The molecule has 1 aliphatic rings. The highest BCUT2D eigenvalue weighted by atomic mass is 16.7. The van der Waals surface area contributed by atoms with Crippen LogP contribution in [0.2, 0.25) is 0 Å². The van der Waals surface area contributed by atoms with E-state index in [9.17, 15) is 5.11 Å². The summed E-state index contributed by atoms with van der Waals surface area (Å²) < 4.78 is 10.6. The zero-order valence-electron chi connectivity index (χ0n) is 10.3. The predicted octanol–water partition coefficient (Wildman–Crippen LogP) is 1.84. The zero-order valence-corrected chi connectivity index (χ0v) is 10.3. The number of fused-ring (bicyclic) bond motifs is 1. The van der Waals surface area contributed by atoms with Crippen molar-refractivity contribution in [1.29, 1.82) is 0 Å². The average molecular weight is 237 g/mol. The number of rotatable bonds is 5. The average Bonchev–Trinajstić information content (AvgIpc) is 2.82. The Kier molecular flexibility index (Phi) is 3.86. The number of hydrogen-bond donors (Lipinski definition) is 2. The molecule has 0 bridgehead atoms. The molecular weight excluding hydrogens is 218 g/mol. The SMILES string of the molecule is CCC(O)CNC(C)c1ccc2c(c1)OCO2. The van der Waals surface area contributed by atoms with Gasteiger partial charge in [-0.15, -0.1) is 0 Å². The molecule has 17 heavy (non-hydrogen) atoms. The summed E-state index contributed by atoms with van der Waals surface area (Å²) in [5.41, 5.74) is 1.14. The molecule has 0 aromatic heterocycles. The first-order chi connectivity index (χ1) is 8.20. The molecule has 2 atom stereocenters. The fraction of sp³-hybridized carbons (Fsp3) is 0.538. The molecular formula is C13H19NO3. The van der Waals surface area contributed by atoms with Crippen molar-refractivity contribution in [2.45, 2.75) is 32.4 Å². The van der Waals surface area contributed by atoms with E-state index in [4.69, 9.17) is 9.47 Å². The third-order valence-electron chi connectivity index (χ3n) is 3.03. The summed E-state index contributed by atoms with van der Waals surface area (Å²) in [7, 11) is 0. The van der Waals surface area contributed by atoms with E-state index >= 15 is 0 Å². The fourth-order valence-electron chi connectivity index (χ4n) is 1.76. The van der Waals surface area contributed by atoms with Crippen LogP contribution in [-0.2, 0) is 0 Å². The summed E-state index contributed by atoms with van der Waals surface area (Å²) in [5.74, 6) is 1.60. The number of benzene rings is 1. The van der Waals surface area contributed by atoms with Crippen molar-refractivity contribution in [2.75, 3.05) is 13.3 Å². The topological polar surface area (TPSA) is 50.7 Å². The Morgan fingerprint density at radius 3 is 2.88 bits per heavy atom. The van der Waals surface area contributed by atoms with Crippen LogP contribution in [0.25, 0.3) is 0 Å². The Labute approximate surface area is 102 Å². The predicted molar refractivity (Wildman–Crippen MR) is 65.3 cm³/mol. The van der Waals surface area contributed by atoms with Crippen molar-refractivity contribution in [3.8, 4) is 11.5 Å². The number of aliphatic hydroxyl groups is 1. The Morgan fingerprint density at radius 1 is 1.35 bits per heavy atom. The lowest BCUT2D eigenvalue weighted by Gasteiger charge is -2.16. The van der Waals surface area contributed by atoms with Gasteiger partial charge < -0.3 is 19.9 Å². The normalized spacial score (nSPS) is 16.9. The van der Waals surface area contributed by atoms with Crippen LogP contribution in [0, 0.1) is 0 Å². The minimum atomic E-state index is -0.286. The van der Waals surface area contributed by atoms with E-state index in [0.29, 0.717) is 13.3 Å². The second-order valence-electron chi connectivity index (χ2n) is 4.30. The van der Waals surface area contributed by atoms with Gasteiger partial charge in [-0.2, -0.15) is 0 Å². The lowest BCUT2D eigenvalue weighted by molar-refractivity contribution is 0.163. The maximum atomic E-state index is 9.50. The molecule has 4 heteroatoms. The van der Waals surface area contributed by atoms with Gasteiger partial charge in [0.05, 0.1) is 6.10 Å². The maximum absolute atomic E-state index is 9.50. The molecule has 2 N–H and O–H groups in total. The Hall–Kier alpha value is -1.26. The molecule has 0 amide bonds. The van der Waals surface area contributed by atoms with Gasteiger partial charge in [0.1, 0.15) is 0 Å². The summed E-state index contributed by atoms with van der Waals surface area (Å²) in [5, 5.41) is 12.8. The summed E-state index contributed by atoms with van der Waals surface area (Å²) in [4.78, 5) is 0. The van der Waals surface area contributed by atoms with Crippen molar-refractivity contribution in [3.63, 3.8) is 0 Å². The fourth-order valence-corrected chi connectivity index (χ4v) is 1.76. The zero-order chi connectivity index (χ0) is 12.3. The van der Waals surface area contributed by atoms with Gasteiger partial charge >= 0.3 is 0 Å². The number of nitrogens with one attached hydrogen (secondary N) is 1. The van der Waals surface area contributed by atoms with Crippen LogP contribution in [0.4, 0.5) is 0 Å². The van der Waals surface area contributed by atoms with E-state index < -0.39 is 0 Å².